The summed E-state index contributed by atoms with van der Waals surface area (Å²) in [4.78, 5) is 12.1. The fraction of sp³-hybridized carbons (Fsp3) is 0.375. The summed E-state index contributed by atoms with van der Waals surface area (Å²) < 4.78 is 7.15. The van der Waals surface area contributed by atoms with Crippen molar-refractivity contribution in [2.45, 2.75) is 32.4 Å². The largest absolute Gasteiger partial charge is 0.493 e. The van der Waals surface area contributed by atoms with Gasteiger partial charge in [-0.05, 0) is 19.9 Å². The molecule has 1 aromatic heterocycles. The highest BCUT2D eigenvalue weighted by molar-refractivity contribution is 5.40. The molecule has 5 nitrogen and oxygen atoms in total. The Bertz CT molecular complexity index is 694. The molecule has 0 radical (unpaired) electrons. The van der Waals surface area contributed by atoms with Crippen LogP contribution in [0.1, 0.15) is 25.3 Å². The Hall–Kier alpha value is -2.30. The van der Waals surface area contributed by atoms with Gasteiger partial charge in [0.25, 0.3) is 5.56 Å². The van der Waals surface area contributed by atoms with Gasteiger partial charge in [-0.2, -0.15) is 5.10 Å². The van der Waals surface area contributed by atoms with E-state index in [1.165, 1.54) is 4.68 Å². The molecule has 1 unspecified atom stereocenters. The zero-order valence-electron chi connectivity index (χ0n) is 12.2. The van der Waals surface area contributed by atoms with E-state index in [9.17, 15) is 4.79 Å². The number of para-hydroxylation sites is 1. The Morgan fingerprint density at radius 1 is 1.43 bits per heavy atom. The van der Waals surface area contributed by atoms with E-state index in [1.807, 2.05) is 38.1 Å². The van der Waals surface area contributed by atoms with Crippen LogP contribution in [0.2, 0.25) is 0 Å². The number of nitrogens with zero attached hydrogens (tertiary/aromatic N) is 2. The Balaban J connectivity index is 1.79. The number of fused-ring (bicyclic) bond motifs is 1. The Morgan fingerprint density at radius 3 is 3.00 bits per heavy atom. The molecule has 110 valence electrons. The highest BCUT2D eigenvalue weighted by atomic mass is 16.5. The molecule has 0 aliphatic carbocycles. The normalized spacial score (nSPS) is 16.6. The van der Waals surface area contributed by atoms with Gasteiger partial charge in [-0.25, -0.2) is 4.68 Å². The lowest BCUT2D eigenvalue weighted by Crippen LogP contribution is -2.26. The first-order valence-corrected chi connectivity index (χ1v) is 7.19. The quantitative estimate of drug-likeness (QED) is 0.936. The average molecular weight is 285 g/mol. The van der Waals surface area contributed by atoms with E-state index in [0.717, 1.165) is 17.0 Å². The standard InChI is InChI=1S/C16H19N3O2/c1-11(2)18-13-7-16(20)19(17-8-13)9-12-10-21-15-6-4-3-5-14(12)15/h3-8,11-12,18H,9-10H2,1-2H3. The maximum Gasteiger partial charge on any atom is 0.268 e. The van der Waals surface area contributed by atoms with Gasteiger partial charge in [0.15, 0.2) is 0 Å². The van der Waals surface area contributed by atoms with Gasteiger partial charge in [-0.15, -0.1) is 0 Å². The lowest BCUT2D eigenvalue weighted by atomic mass is 10.0. The smallest absolute Gasteiger partial charge is 0.268 e. The fourth-order valence-electron chi connectivity index (χ4n) is 2.57. The molecular weight excluding hydrogens is 266 g/mol. The van der Waals surface area contributed by atoms with Crippen molar-refractivity contribution in [3.8, 4) is 5.75 Å². The number of benzene rings is 1. The van der Waals surface area contributed by atoms with Crippen molar-refractivity contribution in [1.29, 1.82) is 0 Å². The molecular formula is C16H19N3O2. The van der Waals surface area contributed by atoms with Crippen LogP contribution in [0, 0.1) is 0 Å². The Morgan fingerprint density at radius 2 is 2.24 bits per heavy atom. The Labute approximate surface area is 123 Å². The van der Waals surface area contributed by atoms with E-state index < -0.39 is 0 Å². The van der Waals surface area contributed by atoms with Crippen LogP contribution in [0.3, 0.4) is 0 Å². The number of anilines is 1. The molecule has 21 heavy (non-hydrogen) atoms. The van der Waals surface area contributed by atoms with Gasteiger partial charge < -0.3 is 10.1 Å². The summed E-state index contributed by atoms with van der Waals surface area (Å²) in [5.41, 5.74) is 1.81. The van der Waals surface area contributed by atoms with E-state index in [0.29, 0.717) is 13.2 Å². The third kappa shape index (κ3) is 2.91. The number of hydrogen-bond acceptors (Lipinski definition) is 4. The highest BCUT2D eigenvalue weighted by Gasteiger charge is 2.24. The fourth-order valence-corrected chi connectivity index (χ4v) is 2.57. The third-order valence-electron chi connectivity index (χ3n) is 3.52. The van der Waals surface area contributed by atoms with Crippen LogP contribution in [0.15, 0.2) is 41.3 Å². The van der Waals surface area contributed by atoms with Crippen LogP contribution in [0.4, 0.5) is 5.69 Å². The first-order chi connectivity index (χ1) is 10.1. The molecule has 0 bridgehead atoms. The molecule has 1 N–H and O–H groups in total. The summed E-state index contributed by atoms with van der Waals surface area (Å²) in [6.07, 6.45) is 1.70. The van der Waals surface area contributed by atoms with E-state index in [2.05, 4.69) is 10.4 Å². The van der Waals surface area contributed by atoms with Crippen molar-refractivity contribution >= 4 is 5.69 Å². The SMILES string of the molecule is CC(C)Nc1cnn(CC2COc3ccccc32)c(=O)c1. The maximum absolute atomic E-state index is 12.1. The zero-order valence-corrected chi connectivity index (χ0v) is 12.2. The van der Waals surface area contributed by atoms with Crippen LogP contribution in [-0.2, 0) is 6.54 Å². The summed E-state index contributed by atoms with van der Waals surface area (Å²) in [6, 6.07) is 9.82. The molecule has 1 aromatic carbocycles. The summed E-state index contributed by atoms with van der Waals surface area (Å²) in [5.74, 6) is 1.09. The van der Waals surface area contributed by atoms with Crippen LogP contribution in [0.25, 0.3) is 0 Å². The molecule has 0 amide bonds. The highest BCUT2D eigenvalue weighted by Crippen LogP contribution is 2.33. The predicted octanol–water partition coefficient (Wildman–Crippen LogP) is 2.24. The molecule has 2 aromatic rings. The number of nitrogens with one attached hydrogen (secondary N) is 1. The van der Waals surface area contributed by atoms with Gasteiger partial charge >= 0.3 is 0 Å². The summed E-state index contributed by atoms with van der Waals surface area (Å²) in [6.45, 7) is 5.19. The van der Waals surface area contributed by atoms with Crippen LogP contribution in [-0.4, -0.2) is 22.4 Å². The number of rotatable bonds is 4. The maximum atomic E-state index is 12.1. The lowest BCUT2D eigenvalue weighted by Gasteiger charge is -2.12. The first-order valence-electron chi connectivity index (χ1n) is 7.19. The molecule has 0 saturated carbocycles. The van der Waals surface area contributed by atoms with Gasteiger partial charge in [0, 0.05) is 23.6 Å². The third-order valence-corrected chi connectivity index (χ3v) is 3.52. The van der Waals surface area contributed by atoms with Crippen molar-refractivity contribution < 1.29 is 4.74 Å². The van der Waals surface area contributed by atoms with Crippen molar-refractivity contribution in [2.75, 3.05) is 11.9 Å². The van der Waals surface area contributed by atoms with Crippen LogP contribution in [0.5, 0.6) is 5.75 Å². The molecule has 3 rings (SSSR count). The van der Waals surface area contributed by atoms with Gasteiger partial charge in [-0.1, -0.05) is 18.2 Å². The molecule has 1 aliphatic heterocycles. The molecule has 0 saturated heterocycles. The summed E-state index contributed by atoms with van der Waals surface area (Å²) in [5, 5.41) is 7.44. The topological polar surface area (TPSA) is 56.1 Å². The van der Waals surface area contributed by atoms with E-state index in [1.54, 1.807) is 12.3 Å². The molecule has 0 fully saturated rings. The number of ether oxygens (including phenoxy) is 1. The van der Waals surface area contributed by atoms with E-state index in [-0.39, 0.29) is 17.5 Å². The number of hydrogen-bond donors (Lipinski definition) is 1. The minimum Gasteiger partial charge on any atom is -0.493 e. The number of aromatic nitrogens is 2. The second-order valence-corrected chi connectivity index (χ2v) is 5.61. The summed E-state index contributed by atoms with van der Waals surface area (Å²) in [7, 11) is 0. The van der Waals surface area contributed by atoms with Gasteiger partial charge in [0.05, 0.1) is 25.0 Å². The average Bonchev–Trinajstić information content (AvgIpc) is 2.85. The molecule has 2 heterocycles. The van der Waals surface area contributed by atoms with Crippen molar-refractivity contribution in [1.82, 2.24) is 9.78 Å². The summed E-state index contributed by atoms with van der Waals surface area (Å²) >= 11 is 0. The molecule has 5 heteroatoms. The lowest BCUT2D eigenvalue weighted by molar-refractivity contribution is 0.313. The van der Waals surface area contributed by atoms with Crippen molar-refractivity contribution in [2.24, 2.45) is 0 Å². The monoisotopic (exact) mass is 285 g/mol. The van der Waals surface area contributed by atoms with Crippen LogP contribution >= 0.6 is 0 Å². The minimum atomic E-state index is -0.0926. The zero-order chi connectivity index (χ0) is 14.8. The van der Waals surface area contributed by atoms with E-state index in [4.69, 9.17) is 4.74 Å². The van der Waals surface area contributed by atoms with Crippen molar-refractivity contribution in [3.63, 3.8) is 0 Å². The van der Waals surface area contributed by atoms with Crippen molar-refractivity contribution in [3.05, 3.63) is 52.4 Å². The molecule has 1 aliphatic rings. The molecule has 1 atom stereocenters. The first kappa shape index (κ1) is 13.7. The second kappa shape index (κ2) is 5.60. The van der Waals surface area contributed by atoms with Gasteiger partial charge in [-0.3, -0.25) is 4.79 Å². The predicted molar refractivity (Wildman–Crippen MR) is 81.9 cm³/mol. The van der Waals surface area contributed by atoms with Crippen LogP contribution < -0.4 is 15.6 Å². The van der Waals surface area contributed by atoms with E-state index >= 15 is 0 Å². The Kier molecular flexibility index (Phi) is 3.64. The van der Waals surface area contributed by atoms with Gasteiger partial charge in [0.2, 0.25) is 0 Å². The van der Waals surface area contributed by atoms with Gasteiger partial charge in [0.1, 0.15) is 5.75 Å². The molecule has 0 spiro atoms. The minimum absolute atomic E-state index is 0.0926. The second-order valence-electron chi connectivity index (χ2n) is 5.61.